The summed E-state index contributed by atoms with van der Waals surface area (Å²) in [6.45, 7) is 5.58. The van der Waals surface area contributed by atoms with Crippen molar-refractivity contribution in [2.24, 2.45) is 0 Å². The minimum Gasteiger partial charge on any atom is -0.470 e. The van der Waals surface area contributed by atoms with Crippen LogP contribution in [0, 0.1) is 0 Å². The predicted octanol–water partition coefficient (Wildman–Crippen LogP) is 5.34. The second-order valence-electron chi connectivity index (χ2n) is 8.96. The Kier molecular flexibility index (Phi) is 4.51. The van der Waals surface area contributed by atoms with Crippen LogP contribution in [0.2, 0.25) is 0 Å². The molecule has 3 aromatic rings. The van der Waals surface area contributed by atoms with E-state index in [9.17, 15) is 0 Å². The van der Waals surface area contributed by atoms with Crippen molar-refractivity contribution in [2.45, 2.75) is 38.0 Å². The SMILES string of the molecule is CCCN1CCC2(CC1)Oc1ccccc1[C@H]1C=C(c3cccc4ccccc34)NN12. The average molecular weight is 412 g/mol. The molecule has 0 saturated carbocycles. The molecule has 0 aromatic heterocycles. The Hall–Kier alpha value is -2.82. The van der Waals surface area contributed by atoms with Gasteiger partial charge < -0.3 is 15.1 Å². The molecular weight excluding hydrogens is 382 g/mol. The van der Waals surface area contributed by atoms with E-state index in [1.807, 2.05) is 0 Å². The molecule has 1 atom stereocenters. The van der Waals surface area contributed by atoms with Crippen molar-refractivity contribution in [3.63, 3.8) is 0 Å². The molecule has 3 aliphatic heterocycles. The standard InChI is InChI=1S/C27H29N3O/c1-2-16-29-17-14-27(15-18-29)30-25(23-11-5-6-13-26(23)31-27)19-24(28-30)22-12-7-9-20-8-3-4-10-21(20)22/h3-13,19,25,28H,2,14-18H2,1H3/t25-/m1/s1. The lowest BCUT2D eigenvalue weighted by Gasteiger charge is -2.51. The summed E-state index contributed by atoms with van der Waals surface area (Å²) in [4.78, 5) is 2.57. The predicted molar refractivity (Wildman–Crippen MR) is 125 cm³/mol. The summed E-state index contributed by atoms with van der Waals surface area (Å²) >= 11 is 0. The van der Waals surface area contributed by atoms with Gasteiger partial charge in [0.2, 0.25) is 0 Å². The number of nitrogens with one attached hydrogen (secondary N) is 1. The van der Waals surface area contributed by atoms with Crippen LogP contribution in [-0.2, 0) is 0 Å². The van der Waals surface area contributed by atoms with Gasteiger partial charge in [0.25, 0.3) is 0 Å². The smallest absolute Gasteiger partial charge is 0.182 e. The van der Waals surface area contributed by atoms with E-state index in [-0.39, 0.29) is 11.8 Å². The van der Waals surface area contributed by atoms with Crippen molar-refractivity contribution in [1.29, 1.82) is 0 Å². The largest absolute Gasteiger partial charge is 0.470 e. The molecule has 158 valence electrons. The Morgan fingerprint density at radius 2 is 1.74 bits per heavy atom. The van der Waals surface area contributed by atoms with E-state index in [0.29, 0.717) is 0 Å². The molecule has 0 bridgehead atoms. The van der Waals surface area contributed by atoms with Gasteiger partial charge in [-0.3, -0.25) is 0 Å². The Morgan fingerprint density at radius 1 is 0.968 bits per heavy atom. The van der Waals surface area contributed by atoms with E-state index in [0.717, 1.165) is 31.7 Å². The number of piperidine rings is 1. The highest BCUT2D eigenvalue weighted by Crippen LogP contribution is 2.48. The highest BCUT2D eigenvalue weighted by atomic mass is 16.5. The van der Waals surface area contributed by atoms with E-state index in [4.69, 9.17) is 4.74 Å². The first kappa shape index (κ1) is 18.9. The quantitative estimate of drug-likeness (QED) is 0.630. The summed E-state index contributed by atoms with van der Waals surface area (Å²) in [6, 6.07) is 23.9. The van der Waals surface area contributed by atoms with Gasteiger partial charge in [-0.25, -0.2) is 0 Å². The lowest BCUT2D eigenvalue weighted by Crippen LogP contribution is -2.63. The second-order valence-corrected chi connectivity index (χ2v) is 8.96. The first-order valence-corrected chi connectivity index (χ1v) is 11.5. The molecule has 0 amide bonds. The van der Waals surface area contributed by atoms with Crippen LogP contribution in [0.4, 0.5) is 0 Å². The first-order chi connectivity index (χ1) is 15.3. The van der Waals surface area contributed by atoms with Crippen LogP contribution in [0.5, 0.6) is 5.75 Å². The molecule has 0 aliphatic carbocycles. The number of hydrogen-bond donors (Lipinski definition) is 1. The molecule has 0 unspecified atom stereocenters. The summed E-state index contributed by atoms with van der Waals surface area (Å²) < 4.78 is 6.78. The van der Waals surface area contributed by atoms with Gasteiger partial charge in [0, 0.05) is 37.1 Å². The van der Waals surface area contributed by atoms with E-state index >= 15 is 0 Å². The zero-order valence-corrected chi connectivity index (χ0v) is 18.1. The molecule has 4 heteroatoms. The van der Waals surface area contributed by atoms with Crippen molar-refractivity contribution < 1.29 is 4.74 Å². The summed E-state index contributed by atoms with van der Waals surface area (Å²) in [5.41, 5.74) is 7.16. The van der Waals surface area contributed by atoms with Gasteiger partial charge in [0.1, 0.15) is 5.75 Å². The van der Waals surface area contributed by atoms with Crippen molar-refractivity contribution >= 4 is 16.5 Å². The third-order valence-electron chi connectivity index (χ3n) is 7.08. The molecule has 1 spiro atoms. The van der Waals surface area contributed by atoms with Gasteiger partial charge in [-0.15, -0.1) is 0 Å². The lowest BCUT2D eigenvalue weighted by atomic mass is 9.92. The molecule has 3 aromatic carbocycles. The fourth-order valence-corrected chi connectivity index (χ4v) is 5.52. The minimum absolute atomic E-state index is 0.177. The van der Waals surface area contributed by atoms with Crippen molar-refractivity contribution in [1.82, 2.24) is 15.3 Å². The molecule has 1 N–H and O–H groups in total. The van der Waals surface area contributed by atoms with Crippen LogP contribution in [-0.4, -0.2) is 35.3 Å². The van der Waals surface area contributed by atoms with Crippen molar-refractivity contribution in [2.75, 3.05) is 19.6 Å². The third-order valence-corrected chi connectivity index (χ3v) is 7.08. The number of fused-ring (bicyclic) bond motifs is 5. The van der Waals surface area contributed by atoms with Gasteiger partial charge in [-0.05, 0) is 35.9 Å². The first-order valence-electron chi connectivity index (χ1n) is 11.5. The zero-order chi connectivity index (χ0) is 20.8. The minimum atomic E-state index is -0.313. The highest BCUT2D eigenvalue weighted by molar-refractivity contribution is 5.93. The number of nitrogens with zero attached hydrogens (tertiary/aromatic N) is 2. The number of ether oxygens (including phenoxy) is 1. The maximum Gasteiger partial charge on any atom is 0.182 e. The molecule has 6 rings (SSSR count). The summed E-state index contributed by atoms with van der Waals surface area (Å²) in [5.74, 6) is 1.03. The summed E-state index contributed by atoms with van der Waals surface area (Å²) in [5, 5.41) is 4.95. The molecular formula is C27H29N3O. The lowest BCUT2D eigenvalue weighted by molar-refractivity contribution is -0.159. The Morgan fingerprint density at radius 3 is 2.61 bits per heavy atom. The van der Waals surface area contributed by atoms with E-state index in [1.54, 1.807) is 0 Å². The number of para-hydroxylation sites is 1. The van der Waals surface area contributed by atoms with Gasteiger partial charge in [-0.1, -0.05) is 67.6 Å². The normalized spacial score (nSPS) is 22.5. The van der Waals surface area contributed by atoms with Crippen LogP contribution in [0.1, 0.15) is 43.4 Å². The summed E-state index contributed by atoms with van der Waals surface area (Å²) in [7, 11) is 0. The topological polar surface area (TPSA) is 27.7 Å². The Bertz CT molecular complexity index is 1140. The van der Waals surface area contributed by atoms with Gasteiger partial charge in [0.05, 0.1) is 11.7 Å². The number of hydrogen-bond acceptors (Lipinski definition) is 4. The van der Waals surface area contributed by atoms with Gasteiger partial charge in [-0.2, -0.15) is 5.01 Å². The molecule has 3 heterocycles. The molecule has 4 nitrogen and oxygen atoms in total. The maximum absolute atomic E-state index is 6.78. The van der Waals surface area contributed by atoms with Crippen molar-refractivity contribution in [3.05, 3.63) is 83.9 Å². The van der Waals surface area contributed by atoms with Crippen LogP contribution >= 0.6 is 0 Å². The molecule has 1 fully saturated rings. The summed E-state index contributed by atoms with van der Waals surface area (Å²) in [6.07, 6.45) is 5.60. The number of likely N-dealkylation sites (tertiary alicyclic amines) is 1. The van der Waals surface area contributed by atoms with Gasteiger partial charge in [0.15, 0.2) is 5.72 Å². The Labute approximate surface area is 184 Å². The van der Waals surface area contributed by atoms with E-state index in [2.05, 4.69) is 95.1 Å². The Balaban J connectivity index is 1.41. The van der Waals surface area contributed by atoms with Crippen LogP contribution < -0.4 is 10.2 Å². The third kappa shape index (κ3) is 3.05. The average Bonchev–Trinajstić information content (AvgIpc) is 3.27. The molecule has 31 heavy (non-hydrogen) atoms. The molecule has 0 radical (unpaired) electrons. The molecule has 3 aliphatic rings. The van der Waals surface area contributed by atoms with E-state index in [1.165, 1.54) is 40.6 Å². The zero-order valence-electron chi connectivity index (χ0n) is 18.1. The van der Waals surface area contributed by atoms with Crippen LogP contribution in [0.25, 0.3) is 16.5 Å². The number of hydrazine groups is 1. The highest BCUT2D eigenvalue weighted by Gasteiger charge is 2.51. The monoisotopic (exact) mass is 411 g/mol. The fraction of sp³-hybridized carbons (Fsp3) is 0.333. The second kappa shape index (κ2) is 7.40. The number of benzene rings is 3. The fourth-order valence-electron chi connectivity index (χ4n) is 5.52. The molecule has 1 saturated heterocycles. The van der Waals surface area contributed by atoms with Crippen LogP contribution in [0.3, 0.4) is 0 Å². The van der Waals surface area contributed by atoms with Gasteiger partial charge >= 0.3 is 0 Å². The van der Waals surface area contributed by atoms with E-state index < -0.39 is 0 Å². The van der Waals surface area contributed by atoms with Crippen LogP contribution in [0.15, 0.2) is 72.8 Å². The maximum atomic E-state index is 6.78. The van der Waals surface area contributed by atoms with Crippen molar-refractivity contribution in [3.8, 4) is 5.75 Å². The number of rotatable bonds is 3.